The fourth-order valence-corrected chi connectivity index (χ4v) is 3.11. The molecule has 0 saturated carbocycles. The van der Waals surface area contributed by atoms with Crippen LogP contribution < -0.4 is 4.90 Å². The first-order valence-electron chi connectivity index (χ1n) is 8.18. The number of amides is 1. The highest BCUT2D eigenvalue weighted by Gasteiger charge is 2.26. The molecular formula is C18H15F2N5O. The molecule has 26 heavy (non-hydrogen) atoms. The predicted octanol–water partition coefficient (Wildman–Crippen LogP) is 2.27. The van der Waals surface area contributed by atoms with Gasteiger partial charge in [0.2, 0.25) is 5.95 Å². The quantitative estimate of drug-likeness (QED) is 0.706. The number of carbonyl (C=O) groups excluding carboxylic acids is 1. The number of hydrogen-bond donors (Lipinski definition) is 0. The second kappa shape index (κ2) is 6.62. The van der Waals surface area contributed by atoms with Crippen molar-refractivity contribution in [3.05, 3.63) is 60.2 Å². The third-order valence-electron chi connectivity index (χ3n) is 4.38. The molecule has 3 heterocycles. The predicted molar refractivity (Wildman–Crippen MR) is 91.8 cm³/mol. The van der Waals surface area contributed by atoms with E-state index >= 15 is 0 Å². The van der Waals surface area contributed by atoms with Crippen molar-refractivity contribution < 1.29 is 13.6 Å². The minimum absolute atomic E-state index is 0.00408. The number of benzene rings is 1. The van der Waals surface area contributed by atoms with Gasteiger partial charge in [0.1, 0.15) is 17.3 Å². The van der Waals surface area contributed by atoms with Crippen molar-refractivity contribution in [2.24, 2.45) is 0 Å². The minimum atomic E-state index is -0.784. The van der Waals surface area contributed by atoms with Crippen molar-refractivity contribution in [1.82, 2.24) is 19.9 Å². The first-order valence-corrected chi connectivity index (χ1v) is 8.18. The van der Waals surface area contributed by atoms with Gasteiger partial charge in [0, 0.05) is 56.2 Å². The molecule has 1 aliphatic heterocycles. The lowest BCUT2D eigenvalue weighted by Crippen LogP contribution is -2.49. The standard InChI is InChI=1S/C18H15F2N5O/c19-13-10-12-2-5-21-16(15(12)14(20)11-13)17(26)24-6-8-25(9-7-24)18-22-3-1-4-23-18/h1-5,10-11H,6-9H2. The van der Waals surface area contributed by atoms with Crippen molar-refractivity contribution in [2.75, 3.05) is 31.1 Å². The van der Waals surface area contributed by atoms with Crippen LogP contribution in [-0.4, -0.2) is 51.9 Å². The normalized spacial score (nSPS) is 14.7. The number of carbonyl (C=O) groups is 1. The van der Waals surface area contributed by atoms with E-state index in [4.69, 9.17) is 0 Å². The van der Waals surface area contributed by atoms with Crippen LogP contribution in [0.5, 0.6) is 0 Å². The maximum atomic E-state index is 14.2. The Bertz CT molecular complexity index is 958. The monoisotopic (exact) mass is 355 g/mol. The maximum absolute atomic E-state index is 14.2. The second-order valence-corrected chi connectivity index (χ2v) is 5.97. The Morgan fingerprint density at radius 1 is 0.962 bits per heavy atom. The Morgan fingerprint density at radius 3 is 2.42 bits per heavy atom. The van der Waals surface area contributed by atoms with E-state index in [9.17, 15) is 13.6 Å². The third kappa shape index (κ3) is 2.94. The van der Waals surface area contributed by atoms with E-state index in [0.29, 0.717) is 37.5 Å². The summed E-state index contributed by atoms with van der Waals surface area (Å²) in [6.07, 6.45) is 4.73. The van der Waals surface area contributed by atoms with Gasteiger partial charge in [-0.15, -0.1) is 0 Å². The molecular weight excluding hydrogens is 340 g/mol. The van der Waals surface area contributed by atoms with Crippen LogP contribution in [0, 0.1) is 11.6 Å². The maximum Gasteiger partial charge on any atom is 0.273 e. The summed E-state index contributed by atoms with van der Waals surface area (Å²) in [7, 11) is 0. The van der Waals surface area contributed by atoms with Gasteiger partial charge in [-0.3, -0.25) is 9.78 Å². The van der Waals surface area contributed by atoms with Crippen LogP contribution in [0.4, 0.5) is 14.7 Å². The van der Waals surface area contributed by atoms with Crippen LogP contribution in [0.2, 0.25) is 0 Å². The zero-order valence-corrected chi connectivity index (χ0v) is 13.8. The van der Waals surface area contributed by atoms with Gasteiger partial charge in [-0.05, 0) is 23.6 Å². The Balaban J connectivity index is 1.57. The molecule has 2 aromatic heterocycles. The minimum Gasteiger partial charge on any atom is -0.337 e. The number of anilines is 1. The Labute approximate surface area is 148 Å². The van der Waals surface area contributed by atoms with Gasteiger partial charge in [0.05, 0.1) is 0 Å². The topological polar surface area (TPSA) is 62.2 Å². The van der Waals surface area contributed by atoms with E-state index < -0.39 is 11.6 Å². The lowest BCUT2D eigenvalue weighted by Gasteiger charge is -2.34. The van der Waals surface area contributed by atoms with Crippen LogP contribution in [0.15, 0.2) is 42.9 Å². The summed E-state index contributed by atoms with van der Waals surface area (Å²) < 4.78 is 27.7. The lowest BCUT2D eigenvalue weighted by molar-refractivity contribution is 0.0742. The van der Waals surface area contributed by atoms with Crippen molar-refractivity contribution in [3.63, 3.8) is 0 Å². The first-order chi connectivity index (χ1) is 12.6. The van der Waals surface area contributed by atoms with Gasteiger partial charge in [-0.2, -0.15) is 0 Å². The van der Waals surface area contributed by atoms with Crippen LogP contribution >= 0.6 is 0 Å². The summed E-state index contributed by atoms with van der Waals surface area (Å²) in [5.41, 5.74) is 0.00408. The molecule has 1 aromatic carbocycles. The zero-order chi connectivity index (χ0) is 18.1. The molecule has 1 saturated heterocycles. The molecule has 0 unspecified atom stereocenters. The number of fused-ring (bicyclic) bond motifs is 1. The highest BCUT2D eigenvalue weighted by atomic mass is 19.1. The van der Waals surface area contributed by atoms with E-state index in [2.05, 4.69) is 15.0 Å². The molecule has 0 atom stereocenters. The number of nitrogens with zero attached hydrogens (tertiary/aromatic N) is 5. The van der Waals surface area contributed by atoms with Crippen molar-refractivity contribution in [2.45, 2.75) is 0 Å². The van der Waals surface area contributed by atoms with E-state index in [0.717, 1.165) is 6.07 Å². The molecule has 4 rings (SSSR count). The van der Waals surface area contributed by atoms with E-state index in [1.54, 1.807) is 23.4 Å². The Hall–Kier alpha value is -3.16. The molecule has 1 fully saturated rings. The zero-order valence-electron chi connectivity index (χ0n) is 13.8. The average Bonchev–Trinajstić information content (AvgIpc) is 2.67. The van der Waals surface area contributed by atoms with Gasteiger partial charge < -0.3 is 9.80 Å². The molecule has 6 nitrogen and oxygen atoms in total. The molecule has 0 spiro atoms. The summed E-state index contributed by atoms with van der Waals surface area (Å²) in [4.78, 5) is 28.9. The fraction of sp³-hybridized carbons (Fsp3) is 0.222. The Kier molecular flexibility index (Phi) is 4.16. The summed E-state index contributed by atoms with van der Waals surface area (Å²) in [5, 5.41) is 0.366. The smallest absolute Gasteiger partial charge is 0.273 e. The van der Waals surface area contributed by atoms with E-state index in [1.807, 2.05) is 4.90 Å². The van der Waals surface area contributed by atoms with Crippen LogP contribution in [-0.2, 0) is 0 Å². The molecule has 0 radical (unpaired) electrons. The number of halogens is 2. The van der Waals surface area contributed by atoms with Crippen LogP contribution in [0.25, 0.3) is 10.8 Å². The highest BCUT2D eigenvalue weighted by Crippen LogP contribution is 2.23. The largest absolute Gasteiger partial charge is 0.337 e. The number of aromatic nitrogens is 3. The molecule has 3 aromatic rings. The molecule has 8 heteroatoms. The van der Waals surface area contributed by atoms with Gasteiger partial charge in [-0.1, -0.05) is 0 Å². The van der Waals surface area contributed by atoms with Crippen molar-refractivity contribution >= 4 is 22.6 Å². The molecule has 0 aliphatic carbocycles. The summed E-state index contributed by atoms with van der Waals surface area (Å²) in [5.74, 6) is -1.22. The number of rotatable bonds is 2. The van der Waals surface area contributed by atoms with Gasteiger partial charge >= 0.3 is 0 Å². The molecule has 0 N–H and O–H groups in total. The lowest BCUT2D eigenvalue weighted by atomic mass is 10.1. The molecule has 0 bridgehead atoms. The average molecular weight is 355 g/mol. The van der Waals surface area contributed by atoms with Crippen LogP contribution in [0.1, 0.15) is 10.5 Å². The van der Waals surface area contributed by atoms with Crippen molar-refractivity contribution in [3.8, 4) is 0 Å². The summed E-state index contributed by atoms with van der Waals surface area (Å²) >= 11 is 0. The number of pyridine rings is 1. The third-order valence-corrected chi connectivity index (χ3v) is 4.38. The van der Waals surface area contributed by atoms with E-state index in [1.165, 1.54) is 18.3 Å². The number of piperazine rings is 1. The summed E-state index contributed by atoms with van der Waals surface area (Å²) in [6.45, 7) is 2.02. The van der Waals surface area contributed by atoms with Crippen molar-refractivity contribution in [1.29, 1.82) is 0 Å². The first kappa shape index (κ1) is 16.3. The van der Waals surface area contributed by atoms with Gasteiger partial charge in [0.15, 0.2) is 0 Å². The summed E-state index contributed by atoms with van der Waals surface area (Å²) in [6, 6.07) is 5.20. The Morgan fingerprint density at radius 2 is 1.69 bits per heavy atom. The SMILES string of the molecule is O=C(c1nccc2cc(F)cc(F)c12)N1CCN(c2ncccn2)CC1. The fourth-order valence-electron chi connectivity index (χ4n) is 3.11. The van der Waals surface area contributed by atoms with Gasteiger partial charge in [0.25, 0.3) is 5.91 Å². The number of hydrogen-bond acceptors (Lipinski definition) is 5. The second-order valence-electron chi connectivity index (χ2n) is 5.97. The van der Waals surface area contributed by atoms with Crippen LogP contribution in [0.3, 0.4) is 0 Å². The molecule has 1 aliphatic rings. The molecule has 132 valence electrons. The highest BCUT2D eigenvalue weighted by molar-refractivity contribution is 6.05. The molecule has 1 amide bonds. The van der Waals surface area contributed by atoms with Gasteiger partial charge in [-0.25, -0.2) is 18.7 Å². The van der Waals surface area contributed by atoms with E-state index in [-0.39, 0.29) is 17.0 Å².